The summed E-state index contributed by atoms with van der Waals surface area (Å²) >= 11 is 0. The molecule has 0 fully saturated rings. The van der Waals surface area contributed by atoms with E-state index in [4.69, 9.17) is 0 Å². The quantitative estimate of drug-likeness (QED) is 0.683. The molecule has 70 valence electrons. The van der Waals surface area contributed by atoms with E-state index in [9.17, 15) is 5.11 Å². The summed E-state index contributed by atoms with van der Waals surface area (Å²) in [6.45, 7) is 0. The highest BCUT2D eigenvalue weighted by atomic mass is 16.3. The van der Waals surface area contributed by atoms with Gasteiger partial charge in [-0.15, -0.1) is 0 Å². The predicted molar refractivity (Wildman–Crippen MR) is 55.4 cm³/mol. The Morgan fingerprint density at radius 3 is 3.00 bits per heavy atom. The fourth-order valence-corrected chi connectivity index (χ4v) is 2.12. The number of aryl methyl sites for hydroxylation is 2. The lowest BCUT2D eigenvalue weighted by Gasteiger charge is -2.02. The second kappa shape index (κ2) is 2.71. The first kappa shape index (κ1) is 7.80. The van der Waals surface area contributed by atoms with Crippen molar-refractivity contribution in [3.05, 3.63) is 35.5 Å². The van der Waals surface area contributed by atoms with Crippen LogP contribution < -0.4 is 0 Å². The van der Waals surface area contributed by atoms with E-state index in [0.717, 1.165) is 23.7 Å². The Bertz CT molecular complexity index is 505. The van der Waals surface area contributed by atoms with Crippen LogP contribution in [-0.2, 0) is 12.8 Å². The van der Waals surface area contributed by atoms with Gasteiger partial charge in [0.15, 0.2) is 0 Å². The number of hydrogen-bond acceptors (Lipinski definition) is 2. The number of phenols is 1. The molecule has 0 radical (unpaired) electrons. The van der Waals surface area contributed by atoms with Crippen molar-refractivity contribution in [3.63, 3.8) is 0 Å². The molecule has 1 heterocycles. The number of aromatic hydroxyl groups is 1. The number of fused-ring (bicyclic) bond motifs is 2. The van der Waals surface area contributed by atoms with Gasteiger partial charge in [-0.05, 0) is 43.0 Å². The van der Waals surface area contributed by atoms with Crippen LogP contribution in [0, 0.1) is 0 Å². The molecule has 0 bridgehead atoms. The molecular weight excluding hydrogens is 174 g/mol. The van der Waals surface area contributed by atoms with Gasteiger partial charge in [0, 0.05) is 17.1 Å². The summed E-state index contributed by atoms with van der Waals surface area (Å²) in [5.41, 5.74) is 3.50. The maximum Gasteiger partial charge on any atom is 0.117 e. The van der Waals surface area contributed by atoms with Crippen molar-refractivity contribution >= 4 is 10.9 Å². The second-order valence-electron chi connectivity index (χ2n) is 3.82. The summed E-state index contributed by atoms with van der Waals surface area (Å²) in [6.07, 6.45) is 3.45. The van der Waals surface area contributed by atoms with Crippen molar-refractivity contribution in [1.82, 2.24) is 4.98 Å². The van der Waals surface area contributed by atoms with Crippen LogP contribution in [-0.4, -0.2) is 10.1 Å². The van der Waals surface area contributed by atoms with Crippen LogP contribution in [0.15, 0.2) is 24.3 Å². The van der Waals surface area contributed by atoms with Crippen LogP contribution in [0.25, 0.3) is 10.9 Å². The van der Waals surface area contributed by atoms with Gasteiger partial charge in [-0.2, -0.15) is 0 Å². The minimum Gasteiger partial charge on any atom is -0.508 e. The number of phenolic OH excluding ortho intramolecular Hbond substituents is 1. The molecule has 0 aliphatic heterocycles. The Morgan fingerprint density at radius 2 is 2.07 bits per heavy atom. The molecule has 14 heavy (non-hydrogen) atoms. The zero-order chi connectivity index (χ0) is 9.54. The van der Waals surface area contributed by atoms with Gasteiger partial charge in [-0.25, -0.2) is 0 Å². The SMILES string of the molecule is Oc1ccc2cc3c(nc2c1)CCC3. The molecule has 0 saturated carbocycles. The van der Waals surface area contributed by atoms with Crippen LogP contribution in [0.2, 0.25) is 0 Å². The molecule has 1 aliphatic rings. The number of rotatable bonds is 0. The van der Waals surface area contributed by atoms with Crippen LogP contribution in [0.4, 0.5) is 0 Å². The first-order valence-corrected chi connectivity index (χ1v) is 4.94. The molecule has 1 aliphatic carbocycles. The van der Waals surface area contributed by atoms with Crippen molar-refractivity contribution in [2.75, 3.05) is 0 Å². The van der Waals surface area contributed by atoms with Crippen molar-refractivity contribution in [2.45, 2.75) is 19.3 Å². The van der Waals surface area contributed by atoms with Crippen molar-refractivity contribution < 1.29 is 5.11 Å². The molecule has 1 aromatic heterocycles. The third-order valence-electron chi connectivity index (χ3n) is 2.83. The molecule has 2 heteroatoms. The van der Waals surface area contributed by atoms with E-state index < -0.39 is 0 Å². The van der Waals surface area contributed by atoms with E-state index in [-0.39, 0.29) is 0 Å². The molecular formula is C12H11NO. The molecule has 0 atom stereocenters. The second-order valence-corrected chi connectivity index (χ2v) is 3.82. The lowest BCUT2D eigenvalue weighted by Crippen LogP contribution is -1.88. The maximum absolute atomic E-state index is 9.34. The number of pyridine rings is 1. The highest BCUT2D eigenvalue weighted by molar-refractivity contribution is 5.81. The first-order valence-electron chi connectivity index (χ1n) is 4.94. The van der Waals surface area contributed by atoms with E-state index in [1.807, 2.05) is 6.07 Å². The average molecular weight is 185 g/mol. The predicted octanol–water partition coefficient (Wildman–Crippen LogP) is 2.43. The van der Waals surface area contributed by atoms with Gasteiger partial charge in [0.1, 0.15) is 5.75 Å². The lowest BCUT2D eigenvalue weighted by molar-refractivity contribution is 0.476. The van der Waals surface area contributed by atoms with E-state index in [0.29, 0.717) is 5.75 Å². The van der Waals surface area contributed by atoms with Crippen molar-refractivity contribution in [1.29, 1.82) is 0 Å². The number of hydrogen-bond donors (Lipinski definition) is 1. The normalized spacial score (nSPS) is 14.6. The van der Waals surface area contributed by atoms with Crippen LogP contribution in [0.1, 0.15) is 17.7 Å². The summed E-state index contributed by atoms with van der Waals surface area (Å²) < 4.78 is 0. The third kappa shape index (κ3) is 1.07. The first-order chi connectivity index (χ1) is 6.83. The van der Waals surface area contributed by atoms with E-state index in [2.05, 4.69) is 11.1 Å². The zero-order valence-electron chi connectivity index (χ0n) is 7.83. The van der Waals surface area contributed by atoms with Crippen LogP contribution in [0.5, 0.6) is 5.75 Å². The lowest BCUT2D eigenvalue weighted by atomic mass is 10.1. The monoisotopic (exact) mass is 185 g/mol. The fourth-order valence-electron chi connectivity index (χ4n) is 2.12. The maximum atomic E-state index is 9.34. The highest BCUT2D eigenvalue weighted by Gasteiger charge is 2.12. The molecule has 0 amide bonds. The number of nitrogens with zero attached hydrogens (tertiary/aromatic N) is 1. The van der Waals surface area contributed by atoms with Gasteiger partial charge in [-0.3, -0.25) is 4.98 Å². The Morgan fingerprint density at radius 1 is 1.14 bits per heavy atom. The summed E-state index contributed by atoms with van der Waals surface area (Å²) in [7, 11) is 0. The molecule has 1 N–H and O–H groups in total. The fraction of sp³-hybridized carbons (Fsp3) is 0.250. The summed E-state index contributed by atoms with van der Waals surface area (Å²) in [6, 6.07) is 7.57. The Kier molecular flexibility index (Phi) is 1.51. The van der Waals surface area contributed by atoms with E-state index in [1.165, 1.54) is 17.7 Å². The Labute approximate surface area is 82.2 Å². The molecule has 3 rings (SSSR count). The molecule has 2 aromatic rings. The molecule has 1 aromatic carbocycles. The summed E-state index contributed by atoms with van der Waals surface area (Å²) in [5, 5.41) is 10.5. The van der Waals surface area contributed by atoms with Gasteiger partial charge in [0.25, 0.3) is 0 Å². The van der Waals surface area contributed by atoms with E-state index in [1.54, 1.807) is 12.1 Å². The average Bonchev–Trinajstić information content (AvgIpc) is 2.61. The summed E-state index contributed by atoms with van der Waals surface area (Å²) in [4.78, 5) is 4.56. The number of aromatic nitrogens is 1. The highest BCUT2D eigenvalue weighted by Crippen LogP contribution is 2.26. The molecule has 0 saturated heterocycles. The van der Waals surface area contributed by atoms with Crippen molar-refractivity contribution in [2.24, 2.45) is 0 Å². The number of benzene rings is 1. The largest absolute Gasteiger partial charge is 0.508 e. The third-order valence-corrected chi connectivity index (χ3v) is 2.83. The molecule has 2 nitrogen and oxygen atoms in total. The minimum atomic E-state index is 0.294. The smallest absolute Gasteiger partial charge is 0.117 e. The topological polar surface area (TPSA) is 33.1 Å². The van der Waals surface area contributed by atoms with Gasteiger partial charge in [-0.1, -0.05) is 0 Å². The molecule has 0 unspecified atom stereocenters. The Balaban J connectivity index is 2.33. The minimum absolute atomic E-state index is 0.294. The molecule has 0 spiro atoms. The Hall–Kier alpha value is -1.57. The van der Waals surface area contributed by atoms with Crippen LogP contribution >= 0.6 is 0 Å². The van der Waals surface area contributed by atoms with Crippen molar-refractivity contribution in [3.8, 4) is 5.75 Å². The zero-order valence-corrected chi connectivity index (χ0v) is 7.83. The summed E-state index contributed by atoms with van der Waals surface area (Å²) in [5.74, 6) is 0.294. The standard InChI is InChI=1S/C12H11NO/c14-10-5-4-9-6-8-2-1-3-11(8)13-12(9)7-10/h4-7,14H,1-3H2. The van der Waals surface area contributed by atoms with Gasteiger partial charge in [0.05, 0.1) is 5.52 Å². The van der Waals surface area contributed by atoms with Gasteiger partial charge < -0.3 is 5.11 Å². The van der Waals surface area contributed by atoms with Gasteiger partial charge in [0.2, 0.25) is 0 Å². The van der Waals surface area contributed by atoms with Gasteiger partial charge >= 0.3 is 0 Å². The van der Waals surface area contributed by atoms with E-state index >= 15 is 0 Å². The van der Waals surface area contributed by atoms with Crippen LogP contribution in [0.3, 0.4) is 0 Å².